The number of aromatic amines is 1. The maximum Gasteiger partial charge on any atom is 0.228 e. The van der Waals surface area contributed by atoms with Gasteiger partial charge in [-0.25, -0.2) is 0 Å². The van der Waals surface area contributed by atoms with Gasteiger partial charge in [0.25, 0.3) is 0 Å². The summed E-state index contributed by atoms with van der Waals surface area (Å²) in [6, 6.07) is 9.61. The molecule has 0 unspecified atom stereocenters. The molecular formula is C19H18N4O. The zero-order valence-electron chi connectivity index (χ0n) is 13.3. The van der Waals surface area contributed by atoms with Crippen molar-refractivity contribution in [3.05, 3.63) is 66.3 Å². The van der Waals surface area contributed by atoms with Gasteiger partial charge in [0, 0.05) is 42.9 Å². The number of H-pyrrole nitrogens is 1. The summed E-state index contributed by atoms with van der Waals surface area (Å²) < 4.78 is 0. The van der Waals surface area contributed by atoms with Crippen molar-refractivity contribution in [2.75, 3.05) is 13.1 Å². The number of pyridine rings is 2. The summed E-state index contributed by atoms with van der Waals surface area (Å²) in [6.07, 6.45) is 8.88. The molecule has 0 aromatic carbocycles. The van der Waals surface area contributed by atoms with Gasteiger partial charge in [0.15, 0.2) is 0 Å². The number of hydrogen-bond acceptors (Lipinski definition) is 3. The van der Waals surface area contributed by atoms with Crippen molar-refractivity contribution in [2.24, 2.45) is 0 Å². The van der Waals surface area contributed by atoms with E-state index in [0.717, 1.165) is 35.3 Å². The lowest BCUT2D eigenvalue weighted by molar-refractivity contribution is -0.130. The zero-order chi connectivity index (χ0) is 16.4. The second-order valence-corrected chi connectivity index (χ2v) is 5.92. The van der Waals surface area contributed by atoms with E-state index in [9.17, 15) is 4.79 Å². The summed E-state index contributed by atoms with van der Waals surface area (Å²) in [7, 11) is 0. The molecule has 1 N–H and O–H groups in total. The Balaban J connectivity index is 1.48. The van der Waals surface area contributed by atoms with E-state index < -0.39 is 0 Å². The molecule has 0 saturated heterocycles. The highest BCUT2D eigenvalue weighted by molar-refractivity contribution is 5.90. The van der Waals surface area contributed by atoms with Crippen LogP contribution in [-0.2, 0) is 11.2 Å². The molecule has 3 aromatic heterocycles. The molecule has 3 aromatic rings. The second-order valence-electron chi connectivity index (χ2n) is 5.92. The van der Waals surface area contributed by atoms with Gasteiger partial charge in [-0.15, -0.1) is 0 Å². The summed E-state index contributed by atoms with van der Waals surface area (Å²) in [4.78, 5) is 26.3. The standard InChI is InChI=1S/C19H18N4O/c24-18(12-15-4-1-2-8-20-15)23-10-6-14(7-11-23)16-13-22-17-5-3-9-21-19(16)17/h1-6,8-9,13,22H,7,10-12H2. The molecule has 0 bridgehead atoms. The number of rotatable bonds is 3. The number of hydrogen-bond donors (Lipinski definition) is 1. The molecule has 5 nitrogen and oxygen atoms in total. The van der Waals surface area contributed by atoms with Crippen LogP contribution in [0.1, 0.15) is 17.7 Å². The van der Waals surface area contributed by atoms with Crippen molar-refractivity contribution in [3.63, 3.8) is 0 Å². The van der Waals surface area contributed by atoms with Gasteiger partial charge in [0.2, 0.25) is 5.91 Å². The van der Waals surface area contributed by atoms with Gasteiger partial charge in [-0.1, -0.05) is 12.1 Å². The Morgan fingerprint density at radius 2 is 2.08 bits per heavy atom. The molecule has 1 aliphatic rings. The molecule has 0 aliphatic carbocycles. The second kappa shape index (κ2) is 6.28. The van der Waals surface area contributed by atoms with Gasteiger partial charge in [0.05, 0.1) is 17.5 Å². The van der Waals surface area contributed by atoms with Gasteiger partial charge in [-0.05, 0) is 36.3 Å². The minimum Gasteiger partial charge on any atom is -0.359 e. The van der Waals surface area contributed by atoms with E-state index in [0.29, 0.717) is 13.0 Å². The molecule has 24 heavy (non-hydrogen) atoms. The Labute approximate surface area is 140 Å². The van der Waals surface area contributed by atoms with E-state index in [-0.39, 0.29) is 5.91 Å². The van der Waals surface area contributed by atoms with Crippen molar-refractivity contribution in [1.82, 2.24) is 19.9 Å². The van der Waals surface area contributed by atoms with E-state index in [1.807, 2.05) is 47.6 Å². The lowest BCUT2D eigenvalue weighted by Crippen LogP contribution is -2.35. The maximum atomic E-state index is 12.4. The van der Waals surface area contributed by atoms with Crippen LogP contribution >= 0.6 is 0 Å². The van der Waals surface area contributed by atoms with Crippen LogP contribution in [0.5, 0.6) is 0 Å². The maximum absolute atomic E-state index is 12.4. The number of nitrogens with zero attached hydrogens (tertiary/aromatic N) is 3. The van der Waals surface area contributed by atoms with Crippen LogP contribution in [0.3, 0.4) is 0 Å². The first-order valence-electron chi connectivity index (χ1n) is 8.10. The van der Waals surface area contributed by atoms with Crippen molar-refractivity contribution in [3.8, 4) is 0 Å². The van der Waals surface area contributed by atoms with E-state index in [1.54, 1.807) is 6.20 Å². The molecule has 0 spiro atoms. The predicted octanol–water partition coefficient (Wildman–Crippen LogP) is 2.82. The van der Waals surface area contributed by atoms with Gasteiger partial charge in [0.1, 0.15) is 0 Å². The number of carbonyl (C=O) groups is 1. The molecule has 0 saturated carbocycles. The van der Waals surface area contributed by atoms with Crippen LogP contribution in [0, 0.1) is 0 Å². The molecule has 120 valence electrons. The van der Waals surface area contributed by atoms with Gasteiger partial charge in [-0.3, -0.25) is 14.8 Å². The molecule has 4 rings (SSSR count). The smallest absolute Gasteiger partial charge is 0.228 e. The lowest BCUT2D eigenvalue weighted by Gasteiger charge is -2.26. The van der Waals surface area contributed by atoms with Crippen LogP contribution in [-0.4, -0.2) is 38.8 Å². The van der Waals surface area contributed by atoms with Gasteiger partial charge < -0.3 is 9.88 Å². The minimum atomic E-state index is 0.126. The van der Waals surface area contributed by atoms with Crippen LogP contribution in [0.2, 0.25) is 0 Å². The molecule has 1 amide bonds. The lowest BCUT2D eigenvalue weighted by atomic mass is 10.0. The third kappa shape index (κ3) is 2.80. The first-order chi connectivity index (χ1) is 11.8. The molecule has 5 heteroatoms. The molecule has 4 heterocycles. The minimum absolute atomic E-state index is 0.126. The van der Waals surface area contributed by atoms with Crippen molar-refractivity contribution >= 4 is 22.5 Å². The van der Waals surface area contributed by atoms with E-state index in [2.05, 4.69) is 21.0 Å². The number of nitrogens with one attached hydrogen (secondary N) is 1. The zero-order valence-corrected chi connectivity index (χ0v) is 13.3. The summed E-state index contributed by atoms with van der Waals surface area (Å²) in [5, 5.41) is 0. The fourth-order valence-electron chi connectivity index (χ4n) is 3.11. The number of amides is 1. The van der Waals surface area contributed by atoms with Crippen LogP contribution in [0.4, 0.5) is 0 Å². The van der Waals surface area contributed by atoms with Crippen LogP contribution in [0.15, 0.2) is 55.0 Å². The monoisotopic (exact) mass is 318 g/mol. The molecular weight excluding hydrogens is 300 g/mol. The summed E-state index contributed by atoms with van der Waals surface area (Å²) in [5.74, 6) is 0.126. The van der Waals surface area contributed by atoms with Crippen molar-refractivity contribution in [1.29, 1.82) is 0 Å². The van der Waals surface area contributed by atoms with Gasteiger partial charge >= 0.3 is 0 Å². The molecule has 0 atom stereocenters. The Morgan fingerprint density at radius 3 is 2.88 bits per heavy atom. The number of fused-ring (bicyclic) bond motifs is 1. The highest BCUT2D eigenvalue weighted by Gasteiger charge is 2.20. The quantitative estimate of drug-likeness (QED) is 0.808. The highest BCUT2D eigenvalue weighted by atomic mass is 16.2. The Morgan fingerprint density at radius 1 is 1.17 bits per heavy atom. The largest absolute Gasteiger partial charge is 0.359 e. The van der Waals surface area contributed by atoms with E-state index in [4.69, 9.17) is 0 Å². The predicted molar refractivity (Wildman–Crippen MR) is 93.2 cm³/mol. The number of aromatic nitrogens is 3. The third-order valence-electron chi connectivity index (χ3n) is 4.40. The molecule has 0 fully saturated rings. The van der Waals surface area contributed by atoms with Crippen LogP contribution in [0.25, 0.3) is 16.6 Å². The van der Waals surface area contributed by atoms with Crippen molar-refractivity contribution < 1.29 is 4.79 Å². The molecule has 1 aliphatic heterocycles. The Hall–Kier alpha value is -2.95. The normalized spacial score (nSPS) is 14.7. The Kier molecular flexibility index (Phi) is 3.83. The fourth-order valence-corrected chi connectivity index (χ4v) is 3.11. The average molecular weight is 318 g/mol. The Bertz CT molecular complexity index is 898. The first kappa shape index (κ1) is 14.6. The molecule has 0 radical (unpaired) electrons. The fraction of sp³-hybridized carbons (Fsp3) is 0.211. The van der Waals surface area contributed by atoms with E-state index in [1.165, 1.54) is 5.57 Å². The summed E-state index contributed by atoms with van der Waals surface area (Å²) in [5.41, 5.74) is 5.25. The van der Waals surface area contributed by atoms with E-state index >= 15 is 0 Å². The highest BCUT2D eigenvalue weighted by Crippen LogP contribution is 2.27. The average Bonchev–Trinajstić information content (AvgIpc) is 3.07. The first-order valence-corrected chi connectivity index (χ1v) is 8.10. The summed E-state index contributed by atoms with van der Waals surface area (Å²) in [6.45, 7) is 1.37. The SMILES string of the molecule is O=C(Cc1ccccn1)N1CC=C(c2c[nH]c3cccnc23)CC1. The van der Waals surface area contributed by atoms with Crippen molar-refractivity contribution in [2.45, 2.75) is 12.8 Å². The van der Waals surface area contributed by atoms with Gasteiger partial charge in [-0.2, -0.15) is 0 Å². The number of carbonyl (C=O) groups excluding carboxylic acids is 1. The van der Waals surface area contributed by atoms with Crippen LogP contribution < -0.4 is 0 Å². The topological polar surface area (TPSA) is 61.9 Å². The third-order valence-corrected chi connectivity index (χ3v) is 4.40. The summed E-state index contributed by atoms with van der Waals surface area (Å²) >= 11 is 0.